The summed E-state index contributed by atoms with van der Waals surface area (Å²) in [6.45, 7) is 15.7. The summed E-state index contributed by atoms with van der Waals surface area (Å²) in [4.78, 5) is 22.7. The Bertz CT molecular complexity index is 1610. The van der Waals surface area contributed by atoms with Crippen molar-refractivity contribution in [2.24, 2.45) is 0 Å². The molecule has 0 radical (unpaired) electrons. The first-order valence-corrected chi connectivity index (χ1v) is 16.9. The van der Waals surface area contributed by atoms with Gasteiger partial charge in [0.15, 0.2) is 0 Å². The third-order valence-corrected chi connectivity index (χ3v) is 10.0. The van der Waals surface area contributed by atoms with Gasteiger partial charge in [0.1, 0.15) is 5.75 Å². The average Bonchev–Trinajstić information content (AvgIpc) is 3.33. The monoisotopic (exact) mass is 622 g/mol. The molecule has 6 rings (SSSR count). The molecule has 0 unspecified atom stereocenters. The molecule has 0 bridgehead atoms. The van der Waals surface area contributed by atoms with Gasteiger partial charge in [-0.1, -0.05) is 12.1 Å². The fraction of sp³-hybridized carbons (Fsp3) is 0.447. The van der Waals surface area contributed by atoms with Crippen molar-refractivity contribution < 1.29 is 9.53 Å². The van der Waals surface area contributed by atoms with E-state index in [2.05, 4.69) is 75.8 Å². The standard InChI is InChI=1S/C38H50N6O2/c1-29-30(2)44(17-6-16-41-21-19-40(3)20-22-41)37-14-13-34(28-36(29)37)39-33-11-9-32(10-12-33)38(45)43-25-23-42(24-26-43)18-15-31-7-5-8-35(27-31)46-4/h5,7-14,27-28,39H,6,15-26H2,1-4H3. The van der Waals surface area contributed by atoms with Crippen LogP contribution in [0, 0.1) is 13.8 Å². The highest BCUT2D eigenvalue weighted by molar-refractivity contribution is 5.95. The first-order chi connectivity index (χ1) is 22.4. The van der Waals surface area contributed by atoms with Crippen molar-refractivity contribution in [2.45, 2.75) is 33.2 Å². The number of aryl methyl sites for hydroxylation is 2. The number of carbonyl (C=O) groups is 1. The predicted octanol–water partition coefficient (Wildman–Crippen LogP) is 5.65. The summed E-state index contributed by atoms with van der Waals surface area (Å²) >= 11 is 0. The number of anilines is 2. The van der Waals surface area contributed by atoms with Crippen molar-refractivity contribution in [3.63, 3.8) is 0 Å². The van der Waals surface area contributed by atoms with Gasteiger partial charge in [-0.15, -0.1) is 0 Å². The summed E-state index contributed by atoms with van der Waals surface area (Å²) < 4.78 is 7.85. The van der Waals surface area contributed by atoms with Crippen LogP contribution in [0.1, 0.15) is 33.6 Å². The molecule has 1 aromatic heterocycles. The number of hydrogen-bond acceptors (Lipinski definition) is 6. The van der Waals surface area contributed by atoms with E-state index in [1.165, 1.54) is 60.3 Å². The molecule has 1 N–H and O–H groups in total. The van der Waals surface area contributed by atoms with E-state index in [-0.39, 0.29) is 5.91 Å². The van der Waals surface area contributed by atoms with Crippen LogP contribution < -0.4 is 10.1 Å². The number of likely N-dealkylation sites (N-methyl/N-ethyl adjacent to an activating group) is 1. The maximum absolute atomic E-state index is 13.3. The van der Waals surface area contributed by atoms with Crippen molar-refractivity contribution in [3.8, 4) is 5.75 Å². The van der Waals surface area contributed by atoms with Crippen LogP contribution in [0.2, 0.25) is 0 Å². The first-order valence-electron chi connectivity index (χ1n) is 16.9. The predicted molar refractivity (Wildman–Crippen MR) is 189 cm³/mol. The summed E-state index contributed by atoms with van der Waals surface area (Å²) in [5.41, 5.74) is 8.08. The van der Waals surface area contributed by atoms with Gasteiger partial charge in [-0.25, -0.2) is 0 Å². The Morgan fingerprint density at radius 3 is 2.22 bits per heavy atom. The van der Waals surface area contributed by atoms with Crippen LogP contribution in [0.5, 0.6) is 5.75 Å². The van der Waals surface area contributed by atoms with E-state index < -0.39 is 0 Å². The van der Waals surface area contributed by atoms with Gasteiger partial charge in [-0.05, 0) is 106 Å². The number of carbonyl (C=O) groups excluding carboxylic acids is 1. The zero-order chi connectivity index (χ0) is 32.0. The second-order valence-electron chi connectivity index (χ2n) is 13.0. The number of piperazine rings is 2. The van der Waals surface area contributed by atoms with Gasteiger partial charge in [0, 0.05) is 99.0 Å². The number of aromatic nitrogens is 1. The Morgan fingerprint density at radius 1 is 0.783 bits per heavy atom. The summed E-state index contributed by atoms with van der Waals surface area (Å²) in [6.07, 6.45) is 2.15. The topological polar surface area (TPSA) is 56.2 Å². The van der Waals surface area contributed by atoms with Gasteiger partial charge in [-0.2, -0.15) is 0 Å². The Labute approximate surface area is 274 Å². The molecule has 2 aliphatic heterocycles. The molecule has 244 valence electrons. The van der Waals surface area contributed by atoms with E-state index >= 15 is 0 Å². The van der Waals surface area contributed by atoms with Crippen molar-refractivity contribution >= 4 is 28.2 Å². The van der Waals surface area contributed by atoms with Crippen LogP contribution in [-0.2, 0) is 13.0 Å². The normalized spacial score (nSPS) is 16.7. The summed E-state index contributed by atoms with van der Waals surface area (Å²) in [5.74, 6) is 1.01. The van der Waals surface area contributed by atoms with Crippen molar-refractivity contribution in [3.05, 3.63) is 89.1 Å². The molecule has 3 aromatic carbocycles. The molecule has 8 nitrogen and oxygen atoms in total. The largest absolute Gasteiger partial charge is 0.497 e. The maximum atomic E-state index is 13.3. The Balaban J connectivity index is 1.00. The highest BCUT2D eigenvalue weighted by atomic mass is 16.5. The number of ether oxygens (including phenoxy) is 1. The van der Waals surface area contributed by atoms with Gasteiger partial charge in [-0.3, -0.25) is 9.69 Å². The molecule has 0 atom stereocenters. The third-order valence-electron chi connectivity index (χ3n) is 10.0. The molecule has 46 heavy (non-hydrogen) atoms. The van der Waals surface area contributed by atoms with Crippen molar-refractivity contribution in [1.82, 2.24) is 24.2 Å². The number of hydrogen-bond donors (Lipinski definition) is 1. The molecule has 2 fully saturated rings. The van der Waals surface area contributed by atoms with Gasteiger partial charge >= 0.3 is 0 Å². The van der Waals surface area contributed by atoms with E-state index in [9.17, 15) is 4.79 Å². The summed E-state index contributed by atoms with van der Waals surface area (Å²) in [7, 11) is 3.92. The Hall–Kier alpha value is -3.85. The third kappa shape index (κ3) is 7.57. The maximum Gasteiger partial charge on any atom is 0.253 e. The molecule has 1 amide bonds. The molecular weight excluding hydrogens is 572 g/mol. The fourth-order valence-electron chi connectivity index (χ4n) is 6.87. The number of nitrogens with one attached hydrogen (secondary N) is 1. The van der Waals surface area contributed by atoms with Crippen LogP contribution >= 0.6 is 0 Å². The number of rotatable bonds is 11. The minimum Gasteiger partial charge on any atom is -0.497 e. The van der Waals surface area contributed by atoms with E-state index in [1.807, 2.05) is 41.3 Å². The lowest BCUT2D eigenvalue weighted by molar-refractivity contribution is 0.0638. The van der Waals surface area contributed by atoms with Gasteiger partial charge in [0.2, 0.25) is 0 Å². The van der Waals surface area contributed by atoms with E-state index in [0.29, 0.717) is 0 Å². The van der Waals surface area contributed by atoms with E-state index in [1.54, 1.807) is 7.11 Å². The number of benzene rings is 3. The Kier molecular flexibility index (Phi) is 10.3. The second-order valence-corrected chi connectivity index (χ2v) is 13.0. The molecule has 4 aromatic rings. The smallest absolute Gasteiger partial charge is 0.253 e. The first kappa shape index (κ1) is 32.1. The van der Waals surface area contributed by atoms with Crippen LogP contribution in [0.3, 0.4) is 0 Å². The molecule has 0 saturated carbocycles. The summed E-state index contributed by atoms with van der Waals surface area (Å²) in [6, 6.07) is 22.9. The summed E-state index contributed by atoms with van der Waals surface area (Å²) in [5, 5.41) is 4.87. The van der Waals surface area contributed by atoms with Crippen molar-refractivity contribution in [1.29, 1.82) is 0 Å². The lowest BCUT2D eigenvalue weighted by Gasteiger charge is -2.34. The van der Waals surface area contributed by atoms with Gasteiger partial charge < -0.3 is 29.3 Å². The van der Waals surface area contributed by atoms with E-state index in [4.69, 9.17) is 4.74 Å². The molecule has 0 spiro atoms. The lowest BCUT2D eigenvalue weighted by atomic mass is 10.1. The SMILES string of the molecule is COc1cccc(CCN2CCN(C(=O)c3ccc(Nc4ccc5c(c4)c(C)c(C)n5CCCN4CCN(C)CC4)cc3)CC2)c1. The van der Waals surface area contributed by atoms with Crippen LogP contribution in [0.25, 0.3) is 10.9 Å². The highest BCUT2D eigenvalue weighted by Gasteiger charge is 2.22. The lowest BCUT2D eigenvalue weighted by Crippen LogP contribution is -2.49. The Morgan fingerprint density at radius 2 is 1.48 bits per heavy atom. The fourth-order valence-corrected chi connectivity index (χ4v) is 6.87. The zero-order valence-electron chi connectivity index (χ0n) is 28.1. The zero-order valence-corrected chi connectivity index (χ0v) is 28.1. The van der Waals surface area contributed by atoms with Gasteiger partial charge in [0.25, 0.3) is 5.91 Å². The number of nitrogens with zero attached hydrogens (tertiary/aromatic N) is 5. The number of amides is 1. The molecule has 2 saturated heterocycles. The molecule has 0 aliphatic carbocycles. The molecule has 2 aliphatic rings. The second kappa shape index (κ2) is 14.7. The number of methoxy groups -OCH3 is 1. The van der Waals surface area contributed by atoms with Crippen LogP contribution in [-0.4, -0.2) is 110 Å². The van der Waals surface area contributed by atoms with Gasteiger partial charge in [0.05, 0.1) is 7.11 Å². The highest BCUT2D eigenvalue weighted by Crippen LogP contribution is 2.30. The number of fused-ring (bicyclic) bond motifs is 1. The molecule has 8 heteroatoms. The van der Waals surface area contributed by atoms with E-state index in [0.717, 1.165) is 74.9 Å². The van der Waals surface area contributed by atoms with Crippen molar-refractivity contribution in [2.75, 3.05) is 84.9 Å². The van der Waals surface area contributed by atoms with Crippen LogP contribution in [0.15, 0.2) is 66.7 Å². The molecule has 3 heterocycles. The minimum atomic E-state index is 0.112. The molecular formula is C38H50N6O2. The van der Waals surface area contributed by atoms with Crippen LogP contribution in [0.4, 0.5) is 11.4 Å². The quantitative estimate of drug-likeness (QED) is 0.234. The minimum absolute atomic E-state index is 0.112. The average molecular weight is 623 g/mol.